The number of rotatable bonds is 1. The van der Waals surface area contributed by atoms with Crippen molar-refractivity contribution in [2.45, 2.75) is 18.3 Å². The quantitative estimate of drug-likeness (QED) is 0.690. The van der Waals surface area contributed by atoms with Gasteiger partial charge < -0.3 is 9.57 Å². The number of benzene rings is 1. The van der Waals surface area contributed by atoms with E-state index < -0.39 is 11.8 Å². The number of likely N-dealkylation sites (tertiary alicyclic amines) is 1. The van der Waals surface area contributed by atoms with E-state index in [9.17, 15) is 9.59 Å². The van der Waals surface area contributed by atoms with E-state index in [0.29, 0.717) is 0 Å². The number of hydrogen-bond donors (Lipinski definition) is 0. The van der Waals surface area contributed by atoms with Crippen LogP contribution < -0.4 is 0 Å². The lowest BCUT2D eigenvalue weighted by atomic mass is 9.71. The monoisotopic (exact) mass is 376 g/mol. The van der Waals surface area contributed by atoms with Gasteiger partial charge in [-0.25, -0.2) is 0 Å². The lowest BCUT2D eigenvalue weighted by Crippen LogP contribution is -2.45. The van der Waals surface area contributed by atoms with E-state index >= 15 is 0 Å². The van der Waals surface area contributed by atoms with E-state index in [-0.39, 0.29) is 36.0 Å². The highest BCUT2D eigenvalue weighted by Crippen LogP contribution is 2.54. The molecular formula is C16H13BrN2O4. The van der Waals surface area contributed by atoms with Crippen LogP contribution in [-0.4, -0.2) is 47.8 Å². The van der Waals surface area contributed by atoms with Crippen LogP contribution in [-0.2, 0) is 19.2 Å². The Balaban J connectivity index is 1.53. The van der Waals surface area contributed by atoms with Crippen molar-refractivity contribution in [1.82, 2.24) is 4.90 Å². The zero-order valence-corrected chi connectivity index (χ0v) is 13.8. The first-order chi connectivity index (χ1) is 11.1. The molecule has 3 saturated heterocycles. The lowest BCUT2D eigenvalue weighted by Gasteiger charge is -2.26. The number of halogens is 1. The first-order valence-electron chi connectivity index (χ1n) is 7.54. The zero-order chi connectivity index (χ0) is 15.9. The fraction of sp³-hybridized carbons (Fsp3) is 0.438. The van der Waals surface area contributed by atoms with Crippen molar-refractivity contribution < 1.29 is 19.2 Å². The van der Waals surface area contributed by atoms with Gasteiger partial charge in [0.25, 0.3) is 0 Å². The molecule has 0 saturated carbocycles. The van der Waals surface area contributed by atoms with Crippen molar-refractivity contribution in [2.24, 2.45) is 22.9 Å². The number of fused-ring (bicyclic) bond motifs is 8. The molecule has 4 heterocycles. The van der Waals surface area contributed by atoms with E-state index in [1.165, 1.54) is 4.90 Å². The molecule has 4 aliphatic rings. The number of amides is 2. The second kappa shape index (κ2) is 4.42. The van der Waals surface area contributed by atoms with Crippen LogP contribution in [0.5, 0.6) is 0 Å². The molecule has 1 aromatic carbocycles. The minimum atomic E-state index is -0.418. The van der Waals surface area contributed by atoms with Gasteiger partial charge in [-0.3, -0.25) is 14.5 Å². The SMILES string of the molecule is CN1C(=O)[C@@H]2[C@H]3O[C@@H]([C@@H]4C(c5ccc(Br)cc5)=NO[C@@H]34)[C@@H]2C1=O. The third-order valence-corrected chi connectivity index (χ3v) is 5.93. The van der Waals surface area contributed by atoms with Crippen molar-refractivity contribution in [3.05, 3.63) is 34.3 Å². The molecule has 118 valence electrons. The van der Waals surface area contributed by atoms with E-state index in [4.69, 9.17) is 9.57 Å². The molecule has 0 unspecified atom stereocenters. The molecule has 7 heteroatoms. The molecular weight excluding hydrogens is 364 g/mol. The maximum atomic E-state index is 12.4. The molecule has 23 heavy (non-hydrogen) atoms. The highest BCUT2D eigenvalue weighted by atomic mass is 79.9. The molecule has 3 fully saturated rings. The smallest absolute Gasteiger partial charge is 0.235 e. The largest absolute Gasteiger partial charge is 0.389 e. The van der Waals surface area contributed by atoms with Gasteiger partial charge in [0, 0.05) is 11.5 Å². The average molecular weight is 377 g/mol. The fourth-order valence-electron chi connectivity index (χ4n) is 4.37. The predicted octanol–water partition coefficient (Wildman–Crippen LogP) is 1.18. The summed E-state index contributed by atoms with van der Waals surface area (Å²) in [6.45, 7) is 0. The molecule has 2 bridgehead atoms. The summed E-state index contributed by atoms with van der Waals surface area (Å²) < 4.78 is 6.97. The standard InChI is InChI=1S/C16H13BrN2O4/c1-19-15(20)8-9(16(19)21)13-14-10(12(8)22-13)11(18-23-14)6-2-4-7(17)5-3-6/h2-5,8-10,12-14H,1H3/t8-,9+,10+,12-,13-,14-/m1/s1. The van der Waals surface area contributed by atoms with Crippen molar-refractivity contribution in [3.63, 3.8) is 0 Å². The summed E-state index contributed by atoms with van der Waals surface area (Å²) in [6.07, 6.45) is -0.988. The highest BCUT2D eigenvalue weighted by Gasteiger charge is 2.71. The molecule has 0 spiro atoms. The Bertz CT molecular complexity index is 762. The number of imide groups is 1. The molecule has 0 radical (unpaired) electrons. The summed E-state index contributed by atoms with van der Waals surface area (Å²) in [6, 6.07) is 7.82. The van der Waals surface area contributed by atoms with Gasteiger partial charge >= 0.3 is 0 Å². The normalized spacial score (nSPS) is 40.3. The Morgan fingerprint density at radius 2 is 1.65 bits per heavy atom. The number of hydrogen-bond acceptors (Lipinski definition) is 5. The first-order valence-corrected chi connectivity index (χ1v) is 8.34. The summed E-state index contributed by atoms with van der Waals surface area (Å²) in [7, 11) is 1.54. The number of ether oxygens (including phenoxy) is 1. The van der Waals surface area contributed by atoms with Crippen LogP contribution >= 0.6 is 15.9 Å². The maximum Gasteiger partial charge on any atom is 0.235 e. The number of carbonyl (C=O) groups is 2. The van der Waals surface area contributed by atoms with Gasteiger partial charge in [-0.15, -0.1) is 0 Å². The Kier molecular flexibility index (Phi) is 2.63. The summed E-state index contributed by atoms with van der Waals surface area (Å²) in [5, 5.41) is 4.24. The summed E-state index contributed by atoms with van der Waals surface area (Å²) in [4.78, 5) is 31.5. The van der Waals surface area contributed by atoms with Crippen LogP contribution in [0.1, 0.15) is 5.56 Å². The lowest BCUT2D eigenvalue weighted by molar-refractivity contribution is -0.141. The second-order valence-electron chi connectivity index (χ2n) is 6.43. The Morgan fingerprint density at radius 1 is 1.00 bits per heavy atom. The van der Waals surface area contributed by atoms with Crippen LogP contribution in [0.15, 0.2) is 33.9 Å². The minimum absolute atomic E-state index is 0.0920. The molecule has 4 aliphatic heterocycles. The minimum Gasteiger partial charge on any atom is -0.389 e. The van der Waals surface area contributed by atoms with Crippen LogP contribution in [0.3, 0.4) is 0 Å². The Hall–Kier alpha value is -1.73. The van der Waals surface area contributed by atoms with Crippen LogP contribution in [0, 0.1) is 17.8 Å². The average Bonchev–Trinajstić information content (AvgIpc) is 3.26. The summed E-state index contributed by atoms with van der Waals surface area (Å²) >= 11 is 3.42. The van der Waals surface area contributed by atoms with Crippen molar-refractivity contribution in [2.75, 3.05) is 7.05 Å². The number of carbonyl (C=O) groups excluding carboxylic acids is 2. The van der Waals surface area contributed by atoms with Gasteiger partial charge in [0.15, 0.2) is 6.10 Å². The number of oxime groups is 1. The van der Waals surface area contributed by atoms with Gasteiger partial charge in [0.05, 0.1) is 29.6 Å². The molecule has 0 aromatic heterocycles. The third-order valence-electron chi connectivity index (χ3n) is 5.40. The third kappa shape index (κ3) is 1.59. The molecule has 6 atom stereocenters. The highest BCUT2D eigenvalue weighted by molar-refractivity contribution is 9.10. The van der Waals surface area contributed by atoms with Crippen molar-refractivity contribution in [3.8, 4) is 0 Å². The van der Waals surface area contributed by atoms with Gasteiger partial charge in [-0.2, -0.15) is 0 Å². The van der Waals surface area contributed by atoms with E-state index in [2.05, 4.69) is 21.1 Å². The van der Waals surface area contributed by atoms with Gasteiger partial charge in [0.2, 0.25) is 11.8 Å². The molecule has 5 rings (SSSR count). The molecule has 6 nitrogen and oxygen atoms in total. The Labute approximate surface area is 140 Å². The van der Waals surface area contributed by atoms with Crippen LogP contribution in [0.4, 0.5) is 0 Å². The van der Waals surface area contributed by atoms with E-state index in [1.807, 2.05) is 24.3 Å². The van der Waals surface area contributed by atoms with E-state index in [1.54, 1.807) is 7.05 Å². The first kappa shape index (κ1) is 13.7. The Morgan fingerprint density at radius 3 is 2.35 bits per heavy atom. The second-order valence-corrected chi connectivity index (χ2v) is 7.35. The maximum absolute atomic E-state index is 12.4. The fourth-order valence-corrected chi connectivity index (χ4v) is 4.63. The summed E-state index contributed by atoms with van der Waals surface area (Å²) in [5.41, 5.74) is 1.77. The van der Waals surface area contributed by atoms with E-state index in [0.717, 1.165) is 15.7 Å². The number of nitrogens with zero attached hydrogens (tertiary/aromatic N) is 2. The molecule has 0 aliphatic carbocycles. The van der Waals surface area contributed by atoms with Crippen molar-refractivity contribution in [1.29, 1.82) is 0 Å². The topological polar surface area (TPSA) is 68.2 Å². The van der Waals surface area contributed by atoms with Gasteiger partial charge in [-0.1, -0.05) is 33.2 Å². The molecule has 1 aromatic rings. The summed E-state index contributed by atoms with van der Waals surface area (Å²) in [5.74, 6) is -1.22. The van der Waals surface area contributed by atoms with Crippen LogP contribution in [0.2, 0.25) is 0 Å². The van der Waals surface area contributed by atoms with Crippen molar-refractivity contribution >= 4 is 33.5 Å². The van der Waals surface area contributed by atoms with Crippen LogP contribution in [0.25, 0.3) is 0 Å². The van der Waals surface area contributed by atoms with Gasteiger partial charge in [-0.05, 0) is 17.7 Å². The molecule has 2 amide bonds. The van der Waals surface area contributed by atoms with Gasteiger partial charge in [0.1, 0.15) is 6.10 Å². The predicted molar refractivity (Wildman–Crippen MR) is 82.5 cm³/mol. The molecule has 0 N–H and O–H groups in total. The zero-order valence-electron chi connectivity index (χ0n) is 12.2.